The lowest BCUT2D eigenvalue weighted by Gasteiger charge is -2.33. The van der Waals surface area contributed by atoms with Crippen molar-refractivity contribution in [3.8, 4) is 34.5 Å². The maximum Gasteiger partial charge on any atom is 0.407 e. The first-order chi connectivity index (χ1) is 45.5. The molecule has 26 heteroatoms. The first-order valence-corrected chi connectivity index (χ1v) is 33.5. The van der Waals surface area contributed by atoms with Gasteiger partial charge in [0.25, 0.3) is 6.29 Å². The van der Waals surface area contributed by atoms with E-state index < -0.39 is 75.5 Å². The highest BCUT2D eigenvalue weighted by atomic mass is 32.2. The third kappa shape index (κ3) is 17.0. The Morgan fingerprint density at radius 2 is 1.10 bits per heavy atom. The highest BCUT2D eigenvalue weighted by Gasteiger charge is 2.46. The van der Waals surface area contributed by atoms with Crippen molar-refractivity contribution >= 4 is 32.2 Å². The topological polar surface area (TPSA) is 307 Å². The third-order valence-corrected chi connectivity index (χ3v) is 19.8. The molecule has 5 saturated heterocycles. The Hall–Kier alpha value is -8.54. The van der Waals surface area contributed by atoms with Crippen LogP contribution in [-0.2, 0) is 79.1 Å². The molecule has 498 valence electrons. The summed E-state index contributed by atoms with van der Waals surface area (Å²) in [6.45, 7) is 2.16. The first kappa shape index (κ1) is 66.9. The number of hydrogen-bond acceptors (Lipinski definition) is 20. The Morgan fingerprint density at radius 3 is 1.66 bits per heavy atom. The van der Waals surface area contributed by atoms with Gasteiger partial charge in [-0.15, -0.1) is 0 Å². The number of benzene rings is 7. The Kier molecular flexibility index (Phi) is 21.8. The number of carbonyl (C=O) groups is 2. The van der Waals surface area contributed by atoms with Crippen molar-refractivity contribution < 1.29 is 93.8 Å². The molecule has 0 radical (unpaired) electrons. The molecule has 0 saturated carbocycles. The van der Waals surface area contributed by atoms with Gasteiger partial charge in [0.15, 0.2) is 35.6 Å². The fraction of sp³-hybridized carbons (Fsp3) is 0.353. The second-order valence-electron chi connectivity index (χ2n) is 22.9. The number of carbonyl (C=O) groups excluding carboxylic acids is 2. The van der Waals surface area contributed by atoms with Crippen LogP contribution in [0.15, 0.2) is 186 Å². The number of aromatic hydroxyl groups is 2. The minimum Gasteiger partial charge on any atom is -0.504 e. The van der Waals surface area contributed by atoms with Crippen LogP contribution in [0.5, 0.6) is 34.5 Å². The maximum atomic E-state index is 14.0. The average Bonchev–Trinajstić information content (AvgIpc) is 1.09. The van der Waals surface area contributed by atoms with Crippen molar-refractivity contribution in [3.63, 3.8) is 0 Å². The molecule has 2 amide bonds. The standard InChI is InChI=1S/C30H34N2O10S.C21H19NO5S.C17H21NO5/c1-39-21-8-10-22(11-9-21)43(37,38)32(17-20-7-12-25(33)26(34)16-20)28(35)24(15-19-5-3-2-4-6-19)31-30(36)42-27-18-41-29-23(27)13-14-40-29;1-25-17-8-10-18(11-9-17)28(23,24)22-14-15-7-12-19-20(13-15)27-21(26-19)16-5-3-2-4-6-16;19-17(23-14-9-22-16-12(14)6-7-20-16)18-13(15-10-21-15)8-11-4-2-1-3-5-11/h2-12,16,23-24,27-29,33-35H,13-15,17-18H2,1H3,(H,31,36);2-13,21-22H,14H2,1H3;1-5,12-16H,6-10H2,(H,18,19). The predicted octanol–water partition coefficient (Wildman–Crippen LogP) is 7.84. The lowest BCUT2D eigenvalue weighted by atomic mass is 10.0. The smallest absolute Gasteiger partial charge is 0.407 e. The molecule has 0 aliphatic carbocycles. The van der Waals surface area contributed by atoms with Gasteiger partial charge in [-0.2, -0.15) is 4.31 Å². The van der Waals surface area contributed by atoms with Crippen LogP contribution in [0.4, 0.5) is 9.59 Å². The number of aliphatic hydroxyl groups excluding tert-OH is 1. The zero-order valence-electron chi connectivity index (χ0n) is 51.4. The maximum absolute atomic E-state index is 14.0. The zero-order chi connectivity index (χ0) is 65.8. The predicted molar refractivity (Wildman–Crippen MR) is 337 cm³/mol. The second-order valence-corrected chi connectivity index (χ2v) is 26.6. The molecule has 0 spiro atoms. The van der Waals surface area contributed by atoms with E-state index >= 15 is 0 Å². The number of nitrogens with one attached hydrogen (secondary N) is 3. The molecule has 7 aromatic rings. The molecule has 5 fully saturated rings. The van der Waals surface area contributed by atoms with E-state index in [0.717, 1.165) is 33.8 Å². The number of ether oxygens (including phenoxy) is 11. The van der Waals surface area contributed by atoms with Crippen molar-refractivity contribution in [2.24, 2.45) is 11.8 Å². The lowest BCUT2D eigenvalue weighted by Crippen LogP contribution is -2.54. The molecule has 11 atom stereocenters. The van der Waals surface area contributed by atoms with Crippen molar-refractivity contribution in [2.75, 3.05) is 47.3 Å². The molecule has 0 aromatic heterocycles. The molecule has 6 aliphatic heterocycles. The van der Waals surface area contributed by atoms with E-state index in [4.69, 9.17) is 52.1 Å². The highest BCUT2D eigenvalue weighted by molar-refractivity contribution is 7.89. The van der Waals surface area contributed by atoms with E-state index in [0.29, 0.717) is 55.8 Å². The first-order valence-electron chi connectivity index (χ1n) is 30.6. The van der Waals surface area contributed by atoms with Gasteiger partial charge in [0.2, 0.25) is 20.0 Å². The normalized spacial score (nSPS) is 22.4. The van der Waals surface area contributed by atoms with Gasteiger partial charge in [0, 0.05) is 18.7 Å². The summed E-state index contributed by atoms with van der Waals surface area (Å²) in [6, 6.07) is 48.5. The zero-order valence-corrected chi connectivity index (χ0v) is 53.1. The summed E-state index contributed by atoms with van der Waals surface area (Å²) in [7, 11) is -5.04. The van der Waals surface area contributed by atoms with Gasteiger partial charge in [-0.05, 0) is 121 Å². The molecule has 94 heavy (non-hydrogen) atoms. The van der Waals surface area contributed by atoms with Gasteiger partial charge >= 0.3 is 12.2 Å². The molecule has 7 aromatic carbocycles. The van der Waals surface area contributed by atoms with Gasteiger partial charge in [0.1, 0.15) is 36.0 Å². The van der Waals surface area contributed by atoms with E-state index in [1.54, 1.807) is 48.5 Å². The number of hydrogen-bond donors (Lipinski definition) is 6. The minimum atomic E-state index is -4.40. The van der Waals surface area contributed by atoms with Gasteiger partial charge < -0.3 is 78.1 Å². The quantitative estimate of drug-likeness (QED) is 0.0214. The van der Waals surface area contributed by atoms with Crippen LogP contribution in [-0.4, -0.2) is 145 Å². The lowest BCUT2D eigenvalue weighted by molar-refractivity contribution is -0.0909. The van der Waals surface area contributed by atoms with Crippen molar-refractivity contribution in [1.29, 1.82) is 0 Å². The minimum absolute atomic E-state index is 0.0584. The summed E-state index contributed by atoms with van der Waals surface area (Å²) in [5, 5.41) is 37.2. The van der Waals surface area contributed by atoms with E-state index in [2.05, 4.69) is 15.4 Å². The summed E-state index contributed by atoms with van der Waals surface area (Å²) in [5.74, 6) is 1.47. The number of sulfonamides is 2. The van der Waals surface area contributed by atoms with Crippen LogP contribution in [0.2, 0.25) is 0 Å². The van der Waals surface area contributed by atoms with E-state index in [-0.39, 0.29) is 77.1 Å². The monoisotopic (exact) mass is 1330 g/mol. The Morgan fingerprint density at radius 1 is 0.564 bits per heavy atom. The number of aliphatic hydroxyl groups is 1. The number of methoxy groups -OCH3 is 2. The molecule has 6 N–H and O–H groups in total. The van der Waals surface area contributed by atoms with Crippen molar-refractivity contribution in [1.82, 2.24) is 19.7 Å². The molecule has 6 heterocycles. The summed E-state index contributed by atoms with van der Waals surface area (Å²) >= 11 is 0. The fourth-order valence-electron chi connectivity index (χ4n) is 11.4. The van der Waals surface area contributed by atoms with Crippen LogP contribution in [0, 0.1) is 11.8 Å². The summed E-state index contributed by atoms with van der Waals surface area (Å²) < 4.78 is 117. The number of fused-ring (bicyclic) bond motifs is 3. The van der Waals surface area contributed by atoms with Gasteiger partial charge in [-0.3, -0.25) is 0 Å². The SMILES string of the molecule is COc1ccc(S(=O)(=O)N(Cc2ccc(O)c(O)c2)C(O)C(Cc2ccccc2)NC(=O)OC2COC3OCCC23)cc1.COc1ccc(S(=O)(=O)NCc2ccc3c(c2)OC(c2ccccc2)O3)cc1.O=C(NC(Cc1ccccc1)C1CO1)OC1COC2OCCC12. The van der Waals surface area contributed by atoms with E-state index in [1.165, 1.54) is 74.4 Å². The number of epoxide rings is 1. The van der Waals surface area contributed by atoms with Crippen LogP contribution < -0.4 is 34.3 Å². The second kappa shape index (κ2) is 30.7. The van der Waals surface area contributed by atoms with Gasteiger partial charge in [-0.1, -0.05) is 103 Å². The van der Waals surface area contributed by atoms with Crippen LogP contribution >= 0.6 is 0 Å². The Labute approximate surface area is 544 Å². The summed E-state index contributed by atoms with van der Waals surface area (Å²) in [5.41, 5.74) is 3.86. The number of alkyl carbamates (subject to hydrolysis) is 2. The van der Waals surface area contributed by atoms with Gasteiger partial charge in [-0.25, -0.2) is 31.1 Å². The van der Waals surface area contributed by atoms with Crippen molar-refractivity contribution in [2.45, 2.75) is 104 Å². The Bertz CT molecular complexity index is 3880. The number of phenolic OH excluding ortho intramolecular Hbond substituents is 2. The number of amides is 2. The third-order valence-electron chi connectivity index (χ3n) is 16.6. The molecule has 0 bridgehead atoms. The van der Waals surface area contributed by atoms with E-state index in [1.807, 2.05) is 72.8 Å². The highest BCUT2D eigenvalue weighted by Crippen LogP contribution is 2.41. The summed E-state index contributed by atoms with van der Waals surface area (Å²) in [4.78, 5) is 25.4. The molecule has 11 unspecified atom stereocenters. The molecular weight excluding hydrogens is 1260 g/mol. The van der Waals surface area contributed by atoms with Crippen LogP contribution in [0.1, 0.15) is 46.9 Å². The number of rotatable bonds is 22. The summed E-state index contributed by atoms with van der Waals surface area (Å²) in [6.07, 6.45) is -2.54. The molecule has 6 aliphatic rings. The molecule has 24 nitrogen and oxygen atoms in total. The average molecular weight is 1330 g/mol. The Balaban J connectivity index is 0.000000152. The number of phenols is 2. The molecular formula is C68H74N4O20S2. The van der Waals surface area contributed by atoms with Gasteiger partial charge in [0.05, 0.1) is 81.0 Å². The fourth-order valence-corrected chi connectivity index (χ4v) is 13.9. The number of nitrogens with zero attached hydrogens (tertiary/aromatic N) is 1. The largest absolute Gasteiger partial charge is 0.504 e. The van der Waals surface area contributed by atoms with Crippen LogP contribution in [0.3, 0.4) is 0 Å². The van der Waals surface area contributed by atoms with E-state index in [9.17, 15) is 41.7 Å². The van der Waals surface area contributed by atoms with Crippen LogP contribution in [0.25, 0.3) is 0 Å². The molecule has 13 rings (SSSR count). The van der Waals surface area contributed by atoms with Crippen molar-refractivity contribution in [3.05, 3.63) is 204 Å².